The lowest BCUT2D eigenvalue weighted by Crippen LogP contribution is -2.35. The second-order valence-corrected chi connectivity index (χ2v) is 7.60. The summed E-state index contributed by atoms with van der Waals surface area (Å²) in [7, 11) is 0. The minimum absolute atomic E-state index is 0.160. The van der Waals surface area contributed by atoms with Crippen LogP contribution >= 0.6 is 0 Å². The molecule has 1 saturated carbocycles. The summed E-state index contributed by atoms with van der Waals surface area (Å²) in [5, 5.41) is 2.41. The van der Waals surface area contributed by atoms with Crippen molar-refractivity contribution in [2.75, 3.05) is 5.32 Å². The molecule has 1 amide bonds. The molecule has 24 heavy (non-hydrogen) atoms. The van der Waals surface area contributed by atoms with E-state index in [4.69, 9.17) is 4.74 Å². The van der Waals surface area contributed by atoms with Crippen molar-refractivity contribution in [2.24, 2.45) is 0 Å². The van der Waals surface area contributed by atoms with Gasteiger partial charge in [-0.25, -0.2) is 18.0 Å². The van der Waals surface area contributed by atoms with E-state index in [-0.39, 0.29) is 37.1 Å². The van der Waals surface area contributed by atoms with Gasteiger partial charge < -0.3 is 4.74 Å². The average molecular weight is 344 g/mol. The van der Waals surface area contributed by atoms with Gasteiger partial charge in [-0.05, 0) is 33.6 Å². The third-order valence-electron chi connectivity index (χ3n) is 4.14. The molecule has 7 heteroatoms. The van der Waals surface area contributed by atoms with Crippen molar-refractivity contribution in [2.45, 2.75) is 70.3 Å². The van der Waals surface area contributed by atoms with Crippen molar-refractivity contribution >= 4 is 11.8 Å². The molecule has 1 aliphatic carbocycles. The third-order valence-corrected chi connectivity index (χ3v) is 4.14. The zero-order valence-corrected chi connectivity index (χ0v) is 14.4. The summed E-state index contributed by atoms with van der Waals surface area (Å²) in [5.41, 5.74) is -1.07. The number of rotatable bonds is 2. The van der Waals surface area contributed by atoms with Gasteiger partial charge >= 0.3 is 6.09 Å². The number of ether oxygens (including phenoxy) is 1. The van der Waals surface area contributed by atoms with Crippen LogP contribution in [0.2, 0.25) is 0 Å². The van der Waals surface area contributed by atoms with Gasteiger partial charge in [0.15, 0.2) is 0 Å². The Morgan fingerprint density at radius 1 is 1.25 bits per heavy atom. The molecule has 1 aliphatic rings. The van der Waals surface area contributed by atoms with E-state index in [9.17, 15) is 18.0 Å². The smallest absolute Gasteiger partial charge is 0.412 e. The summed E-state index contributed by atoms with van der Waals surface area (Å²) in [6.45, 7) is 6.89. The van der Waals surface area contributed by atoms with Crippen molar-refractivity contribution in [1.82, 2.24) is 4.98 Å². The summed E-state index contributed by atoms with van der Waals surface area (Å²) in [6.07, 6.45) is 0.400. The van der Waals surface area contributed by atoms with Crippen LogP contribution in [0.5, 0.6) is 0 Å². The van der Waals surface area contributed by atoms with Crippen LogP contribution in [0.15, 0.2) is 12.3 Å². The maximum atomic E-state index is 14.4. The fraction of sp³-hybridized carbons (Fsp3) is 0.647. The summed E-state index contributed by atoms with van der Waals surface area (Å²) in [4.78, 5) is 15.8. The molecule has 0 bridgehead atoms. The lowest BCUT2D eigenvalue weighted by molar-refractivity contribution is -0.0506. The summed E-state index contributed by atoms with van der Waals surface area (Å²) in [5.74, 6) is -3.30. The lowest BCUT2D eigenvalue weighted by atomic mass is 9.72. The van der Waals surface area contributed by atoms with Crippen molar-refractivity contribution in [3.05, 3.63) is 23.8 Å². The van der Waals surface area contributed by atoms with Crippen molar-refractivity contribution < 1.29 is 22.7 Å². The Bertz CT molecular complexity index is 617. The van der Waals surface area contributed by atoms with E-state index in [1.165, 1.54) is 6.20 Å². The van der Waals surface area contributed by atoms with Gasteiger partial charge in [0.05, 0.1) is 17.6 Å². The summed E-state index contributed by atoms with van der Waals surface area (Å²) >= 11 is 0. The van der Waals surface area contributed by atoms with E-state index >= 15 is 0 Å². The number of pyridine rings is 1. The van der Waals surface area contributed by atoms with E-state index in [2.05, 4.69) is 10.3 Å². The molecule has 134 valence electrons. The van der Waals surface area contributed by atoms with Gasteiger partial charge in [0.2, 0.25) is 5.92 Å². The Morgan fingerprint density at radius 3 is 2.33 bits per heavy atom. The highest BCUT2D eigenvalue weighted by atomic mass is 19.3. The predicted molar refractivity (Wildman–Crippen MR) is 84.8 cm³/mol. The van der Waals surface area contributed by atoms with Crippen LogP contribution < -0.4 is 5.32 Å². The Balaban J connectivity index is 2.11. The molecule has 0 spiro atoms. The number of alkyl halides is 2. The molecule has 4 nitrogen and oxygen atoms in total. The number of carbonyl (C=O) groups excluding carboxylic acids is 1. The normalized spacial score (nSPS) is 19.6. The van der Waals surface area contributed by atoms with Gasteiger partial charge in [-0.3, -0.25) is 10.3 Å². The van der Waals surface area contributed by atoms with E-state index < -0.39 is 28.8 Å². The molecule has 0 radical (unpaired) electrons. The van der Waals surface area contributed by atoms with Gasteiger partial charge in [0.1, 0.15) is 11.4 Å². The molecule has 0 unspecified atom stereocenters. The molecule has 1 aromatic rings. The number of halogens is 3. The van der Waals surface area contributed by atoms with Gasteiger partial charge in [-0.1, -0.05) is 6.92 Å². The first-order chi connectivity index (χ1) is 10.9. The van der Waals surface area contributed by atoms with E-state index in [0.717, 1.165) is 6.07 Å². The number of nitrogens with one attached hydrogen (secondary N) is 1. The average Bonchev–Trinajstić information content (AvgIpc) is 2.40. The Morgan fingerprint density at radius 2 is 1.83 bits per heavy atom. The van der Waals surface area contributed by atoms with Crippen molar-refractivity contribution in [3.8, 4) is 0 Å². The minimum atomic E-state index is -2.69. The first kappa shape index (κ1) is 18.5. The van der Waals surface area contributed by atoms with E-state index in [0.29, 0.717) is 0 Å². The highest BCUT2D eigenvalue weighted by molar-refractivity contribution is 5.84. The van der Waals surface area contributed by atoms with Crippen LogP contribution in [0.25, 0.3) is 0 Å². The maximum Gasteiger partial charge on any atom is 0.412 e. The quantitative estimate of drug-likeness (QED) is 0.818. The van der Waals surface area contributed by atoms with E-state index in [1.54, 1.807) is 27.7 Å². The predicted octanol–water partition coefficient (Wildman–Crippen LogP) is 5.03. The number of hydrogen-bond donors (Lipinski definition) is 1. The molecule has 2 rings (SSSR count). The Labute approximate surface area is 139 Å². The van der Waals surface area contributed by atoms with Crippen LogP contribution in [0.3, 0.4) is 0 Å². The fourth-order valence-corrected chi connectivity index (χ4v) is 2.78. The van der Waals surface area contributed by atoms with Crippen LogP contribution in [0.4, 0.5) is 23.7 Å². The number of nitrogens with zero attached hydrogens (tertiary/aromatic N) is 1. The van der Waals surface area contributed by atoms with Gasteiger partial charge in [0, 0.05) is 24.3 Å². The Kier molecular flexibility index (Phi) is 4.84. The molecular weight excluding hydrogens is 321 g/mol. The molecule has 0 aromatic carbocycles. The molecule has 1 N–H and O–H groups in total. The SMILES string of the molecule is CC(C)(C)OC(=O)Nc1cnc(C2(C)CCC(F)(F)CC2)c(F)c1. The first-order valence-corrected chi connectivity index (χ1v) is 7.94. The Hall–Kier alpha value is -1.79. The van der Waals surface area contributed by atoms with Gasteiger partial charge in [-0.15, -0.1) is 0 Å². The number of aromatic nitrogens is 1. The maximum absolute atomic E-state index is 14.4. The number of amides is 1. The van der Waals surface area contributed by atoms with E-state index in [1.807, 2.05) is 0 Å². The lowest BCUT2D eigenvalue weighted by Gasteiger charge is -2.36. The molecular formula is C17H23F3N2O2. The largest absolute Gasteiger partial charge is 0.444 e. The van der Waals surface area contributed by atoms with Crippen molar-refractivity contribution in [1.29, 1.82) is 0 Å². The number of hydrogen-bond acceptors (Lipinski definition) is 3. The first-order valence-electron chi connectivity index (χ1n) is 7.94. The van der Waals surface area contributed by atoms with Crippen LogP contribution in [-0.4, -0.2) is 22.6 Å². The molecule has 0 saturated heterocycles. The molecule has 1 heterocycles. The monoisotopic (exact) mass is 344 g/mol. The van der Waals surface area contributed by atoms with Crippen LogP contribution in [-0.2, 0) is 10.2 Å². The zero-order chi connectivity index (χ0) is 18.2. The van der Waals surface area contributed by atoms with Crippen LogP contribution in [0, 0.1) is 5.82 Å². The molecule has 1 fully saturated rings. The van der Waals surface area contributed by atoms with Gasteiger partial charge in [-0.2, -0.15) is 0 Å². The minimum Gasteiger partial charge on any atom is -0.444 e. The fourth-order valence-electron chi connectivity index (χ4n) is 2.78. The second kappa shape index (κ2) is 6.26. The third kappa shape index (κ3) is 4.61. The summed E-state index contributed by atoms with van der Waals surface area (Å²) < 4.78 is 46.2. The molecule has 0 aliphatic heterocycles. The molecule has 0 atom stereocenters. The zero-order valence-electron chi connectivity index (χ0n) is 14.4. The summed E-state index contributed by atoms with van der Waals surface area (Å²) in [6, 6.07) is 1.14. The highest BCUT2D eigenvalue weighted by Crippen LogP contribution is 2.45. The van der Waals surface area contributed by atoms with Gasteiger partial charge in [0.25, 0.3) is 0 Å². The van der Waals surface area contributed by atoms with Crippen molar-refractivity contribution in [3.63, 3.8) is 0 Å². The number of anilines is 1. The standard InChI is InChI=1S/C17H23F3N2O2/c1-15(2,3)24-14(23)22-11-9-12(18)13(21-10-11)16(4)5-7-17(19,20)8-6-16/h9-10H,5-8H2,1-4H3,(H,22,23). The van der Waals surface area contributed by atoms with Crippen LogP contribution in [0.1, 0.15) is 59.1 Å². The topological polar surface area (TPSA) is 51.2 Å². The molecule has 1 aromatic heterocycles. The number of carbonyl (C=O) groups is 1. The highest BCUT2D eigenvalue weighted by Gasteiger charge is 2.43. The second-order valence-electron chi connectivity index (χ2n) is 7.60.